The van der Waals surface area contributed by atoms with E-state index in [1.165, 1.54) is 6.92 Å². The van der Waals surface area contributed by atoms with Gasteiger partial charge >= 0.3 is 0 Å². The van der Waals surface area contributed by atoms with Gasteiger partial charge in [-0.25, -0.2) is 0 Å². The third kappa shape index (κ3) is 3.38. The zero-order chi connectivity index (χ0) is 13.7. The Balaban J connectivity index is 2.40. The van der Waals surface area contributed by atoms with Gasteiger partial charge in [0.25, 0.3) is 0 Å². The van der Waals surface area contributed by atoms with Gasteiger partial charge in [0, 0.05) is 0 Å². The number of carbonyl (C=O) groups excluding carboxylic acids is 2. The Morgan fingerprint density at radius 2 is 1.26 bits per heavy atom. The first-order valence-corrected chi connectivity index (χ1v) is 6.30. The van der Waals surface area contributed by atoms with E-state index in [1.54, 1.807) is 0 Å². The summed E-state index contributed by atoms with van der Waals surface area (Å²) in [4.78, 5) is 23.5. The normalized spacial score (nSPS) is 10.4. The molecule has 0 atom stereocenters. The lowest BCUT2D eigenvalue weighted by Gasteiger charge is -2.16. The number of Topliss-reactive ketones (excluding diaryl/α,β-unsaturated/α-hetero) is 2. The smallest absolute Gasteiger partial charge is 0.152 e. The van der Waals surface area contributed by atoms with E-state index < -0.39 is 0 Å². The standard InChI is InChI=1S/C17H16O2/c1-13(18)12-16(19)17(14-8-4-2-5-9-14)15-10-6-3-7-11-15/h2-11,17H,12H2,1H3. The summed E-state index contributed by atoms with van der Waals surface area (Å²) < 4.78 is 0. The Hall–Kier alpha value is -2.22. The van der Waals surface area contributed by atoms with Gasteiger partial charge in [0.05, 0.1) is 12.3 Å². The lowest BCUT2D eigenvalue weighted by molar-refractivity contribution is -0.126. The van der Waals surface area contributed by atoms with E-state index in [9.17, 15) is 9.59 Å². The first-order valence-electron chi connectivity index (χ1n) is 6.30. The van der Waals surface area contributed by atoms with Crippen LogP contribution in [-0.2, 0) is 9.59 Å². The summed E-state index contributed by atoms with van der Waals surface area (Å²) in [6, 6.07) is 19.2. The monoisotopic (exact) mass is 252 g/mol. The highest BCUT2D eigenvalue weighted by Gasteiger charge is 2.22. The largest absolute Gasteiger partial charge is 0.300 e. The van der Waals surface area contributed by atoms with Crippen LogP contribution < -0.4 is 0 Å². The van der Waals surface area contributed by atoms with Gasteiger partial charge in [-0.2, -0.15) is 0 Å². The molecule has 0 bridgehead atoms. The molecule has 0 heterocycles. The van der Waals surface area contributed by atoms with Crippen molar-refractivity contribution in [2.75, 3.05) is 0 Å². The minimum absolute atomic E-state index is 0.0194. The van der Waals surface area contributed by atoms with Crippen LogP contribution in [0.25, 0.3) is 0 Å². The summed E-state index contributed by atoms with van der Waals surface area (Å²) >= 11 is 0. The Morgan fingerprint density at radius 3 is 1.63 bits per heavy atom. The SMILES string of the molecule is CC(=O)CC(=O)C(c1ccccc1)c1ccccc1. The van der Waals surface area contributed by atoms with Crippen LogP contribution in [0.4, 0.5) is 0 Å². The van der Waals surface area contributed by atoms with Crippen molar-refractivity contribution in [3.63, 3.8) is 0 Å². The average molecular weight is 252 g/mol. The van der Waals surface area contributed by atoms with E-state index >= 15 is 0 Å². The summed E-state index contributed by atoms with van der Waals surface area (Å²) in [5.41, 5.74) is 1.86. The highest BCUT2D eigenvalue weighted by atomic mass is 16.1. The zero-order valence-electron chi connectivity index (χ0n) is 10.9. The summed E-state index contributed by atoms with van der Waals surface area (Å²) in [5, 5.41) is 0. The molecule has 0 unspecified atom stereocenters. The molecule has 19 heavy (non-hydrogen) atoms. The number of rotatable bonds is 5. The molecular weight excluding hydrogens is 236 g/mol. The molecule has 0 N–H and O–H groups in total. The highest BCUT2D eigenvalue weighted by molar-refractivity contribution is 6.02. The molecule has 0 aliphatic heterocycles. The molecular formula is C17H16O2. The van der Waals surface area contributed by atoms with Crippen LogP contribution in [0.1, 0.15) is 30.4 Å². The van der Waals surface area contributed by atoms with Gasteiger partial charge < -0.3 is 0 Å². The predicted octanol–water partition coefficient (Wildman–Crippen LogP) is 3.37. The maximum absolute atomic E-state index is 12.3. The Kier molecular flexibility index (Phi) is 4.24. The second-order valence-electron chi connectivity index (χ2n) is 4.60. The van der Waals surface area contributed by atoms with Crippen molar-refractivity contribution in [3.8, 4) is 0 Å². The Bertz CT molecular complexity index is 519. The van der Waals surface area contributed by atoms with Crippen LogP contribution >= 0.6 is 0 Å². The fourth-order valence-corrected chi connectivity index (χ4v) is 2.20. The number of carbonyl (C=O) groups is 2. The molecule has 2 aromatic rings. The van der Waals surface area contributed by atoms with Gasteiger partial charge in [-0.1, -0.05) is 60.7 Å². The highest BCUT2D eigenvalue weighted by Crippen LogP contribution is 2.26. The van der Waals surface area contributed by atoms with E-state index in [0.29, 0.717) is 0 Å². The van der Waals surface area contributed by atoms with E-state index in [2.05, 4.69) is 0 Å². The van der Waals surface area contributed by atoms with Crippen LogP contribution in [0.15, 0.2) is 60.7 Å². The molecule has 0 aliphatic carbocycles. The quantitative estimate of drug-likeness (QED) is 0.764. The maximum Gasteiger partial charge on any atom is 0.152 e. The molecule has 2 heteroatoms. The van der Waals surface area contributed by atoms with Crippen LogP contribution in [0, 0.1) is 0 Å². The summed E-state index contributed by atoms with van der Waals surface area (Å²) in [7, 11) is 0. The molecule has 0 fully saturated rings. The Labute approximate surface area is 113 Å². The average Bonchev–Trinajstić information content (AvgIpc) is 2.40. The summed E-state index contributed by atoms with van der Waals surface area (Å²) in [5.74, 6) is -0.502. The van der Waals surface area contributed by atoms with Crippen LogP contribution in [-0.4, -0.2) is 11.6 Å². The van der Waals surface area contributed by atoms with E-state index in [4.69, 9.17) is 0 Å². The van der Waals surface area contributed by atoms with Gasteiger partial charge in [-0.15, -0.1) is 0 Å². The van der Waals surface area contributed by atoms with Gasteiger partial charge in [-0.3, -0.25) is 9.59 Å². The summed E-state index contributed by atoms with van der Waals surface area (Å²) in [6.07, 6.45) is -0.0194. The fourth-order valence-electron chi connectivity index (χ4n) is 2.20. The van der Waals surface area contributed by atoms with Crippen LogP contribution in [0.5, 0.6) is 0 Å². The lowest BCUT2D eigenvalue weighted by atomic mass is 9.86. The molecule has 0 spiro atoms. The number of hydrogen-bond donors (Lipinski definition) is 0. The third-order valence-corrected chi connectivity index (χ3v) is 3.01. The van der Waals surface area contributed by atoms with Crippen molar-refractivity contribution >= 4 is 11.6 Å². The second kappa shape index (κ2) is 6.10. The molecule has 0 radical (unpaired) electrons. The lowest BCUT2D eigenvalue weighted by Crippen LogP contribution is -2.16. The maximum atomic E-state index is 12.3. The van der Waals surface area contributed by atoms with Crippen molar-refractivity contribution in [1.82, 2.24) is 0 Å². The van der Waals surface area contributed by atoms with E-state index in [-0.39, 0.29) is 23.9 Å². The molecule has 0 saturated heterocycles. The third-order valence-electron chi connectivity index (χ3n) is 3.01. The van der Waals surface area contributed by atoms with Gasteiger partial charge in [0.2, 0.25) is 0 Å². The summed E-state index contributed by atoms with van der Waals surface area (Å²) in [6.45, 7) is 1.45. The minimum Gasteiger partial charge on any atom is -0.300 e. The van der Waals surface area contributed by atoms with Crippen LogP contribution in [0.3, 0.4) is 0 Å². The molecule has 0 aliphatic rings. The molecule has 2 nitrogen and oxygen atoms in total. The topological polar surface area (TPSA) is 34.1 Å². The van der Waals surface area contributed by atoms with E-state index in [0.717, 1.165) is 11.1 Å². The van der Waals surface area contributed by atoms with Crippen LogP contribution in [0.2, 0.25) is 0 Å². The Morgan fingerprint density at radius 1 is 0.842 bits per heavy atom. The first kappa shape index (κ1) is 13.2. The fraction of sp³-hybridized carbons (Fsp3) is 0.176. The molecule has 0 amide bonds. The minimum atomic E-state index is -0.355. The van der Waals surface area contributed by atoms with Crippen molar-refractivity contribution in [2.45, 2.75) is 19.3 Å². The van der Waals surface area contributed by atoms with Gasteiger partial charge in [-0.05, 0) is 18.1 Å². The number of benzene rings is 2. The van der Waals surface area contributed by atoms with Crippen molar-refractivity contribution < 1.29 is 9.59 Å². The predicted molar refractivity (Wildman–Crippen MR) is 75.0 cm³/mol. The van der Waals surface area contributed by atoms with E-state index in [1.807, 2.05) is 60.7 Å². The molecule has 2 aromatic carbocycles. The van der Waals surface area contributed by atoms with Crippen molar-refractivity contribution in [3.05, 3.63) is 71.8 Å². The first-order chi connectivity index (χ1) is 9.18. The van der Waals surface area contributed by atoms with Crippen molar-refractivity contribution in [1.29, 1.82) is 0 Å². The van der Waals surface area contributed by atoms with Gasteiger partial charge in [0.15, 0.2) is 5.78 Å². The number of hydrogen-bond acceptors (Lipinski definition) is 2. The zero-order valence-corrected chi connectivity index (χ0v) is 10.9. The second-order valence-corrected chi connectivity index (χ2v) is 4.60. The molecule has 0 saturated carbocycles. The number of ketones is 2. The van der Waals surface area contributed by atoms with Gasteiger partial charge in [0.1, 0.15) is 5.78 Å². The van der Waals surface area contributed by atoms with Crippen molar-refractivity contribution in [2.24, 2.45) is 0 Å². The molecule has 2 rings (SSSR count). The molecule has 96 valence electrons. The molecule has 0 aromatic heterocycles.